The molecule has 5 heteroatoms. The number of nitrogens with two attached hydrogens (primary N) is 1. The molecule has 62 valence electrons. The third-order valence-electron chi connectivity index (χ3n) is 1.67. The van der Waals surface area contributed by atoms with Gasteiger partial charge >= 0.3 is 0 Å². The van der Waals surface area contributed by atoms with E-state index in [0.717, 1.165) is 16.9 Å². The summed E-state index contributed by atoms with van der Waals surface area (Å²) in [7, 11) is 1.80. The lowest BCUT2D eigenvalue weighted by Crippen LogP contribution is -1.93. The Balaban J connectivity index is 2.78. The van der Waals surface area contributed by atoms with E-state index in [1.54, 1.807) is 13.1 Å². The van der Waals surface area contributed by atoms with Crippen LogP contribution in [0, 0.1) is 0 Å². The molecule has 0 saturated heterocycles. The lowest BCUT2D eigenvalue weighted by molar-refractivity contribution is 1.20. The first-order valence-corrected chi connectivity index (χ1v) is 3.58. The van der Waals surface area contributed by atoms with Crippen LogP contribution in [0.15, 0.2) is 12.4 Å². The Labute approximate surface area is 69.0 Å². The van der Waals surface area contributed by atoms with Crippen molar-refractivity contribution in [2.24, 2.45) is 0 Å². The summed E-state index contributed by atoms with van der Waals surface area (Å²) in [6, 6.07) is 1.78. The van der Waals surface area contributed by atoms with Crippen molar-refractivity contribution in [2.45, 2.75) is 0 Å². The number of fused-ring (bicyclic) bond motifs is 1. The molecule has 0 unspecified atom stereocenters. The highest BCUT2D eigenvalue weighted by Gasteiger charge is 2.03. The fourth-order valence-electron chi connectivity index (χ4n) is 1.15. The molecule has 4 N–H and O–H groups in total. The standard InChI is InChI=1S/C7H9N5/c1-9-7-6-4(10-3-11-7)2-5(8)12-6/h2-3,12H,8H2,1H3,(H,9,10,11). The minimum Gasteiger partial charge on any atom is -0.385 e. The maximum Gasteiger partial charge on any atom is 0.153 e. The van der Waals surface area contributed by atoms with E-state index < -0.39 is 0 Å². The monoisotopic (exact) mass is 163 g/mol. The predicted molar refractivity (Wildman–Crippen MR) is 47.8 cm³/mol. The fourth-order valence-corrected chi connectivity index (χ4v) is 1.15. The highest BCUT2D eigenvalue weighted by Crippen LogP contribution is 2.19. The number of nitrogen functional groups attached to an aromatic ring is 1. The van der Waals surface area contributed by atoms with Gasteiger partial charge in [-0.25, -0.2) is 9.97 Å². The number of rotatable bonds is 1. The molecule has 2 aromatic heterocycles. The van der Waals surface area contributed by atoms with Crippen molar-refractivity contribution in [1.82, 2.24) is 15.0 Å². The van der Waals surface area contributed by atoms with Crippen LogP contribution in [0.25, 0.3) is 11.0 Å². The fraction of sp³-hybridized carbons (Fsp3) is 0.143. The molecule has 2 aromatic rings. The summed E-state index contributed by atoms with van der Waals surface area (Å²) < 4.78 is 0. The Morgan fingerprint density at radius 3 is 3.08 bits per heavy atom. The topological polar surface area (TPSA) is 79.6 Å². The van der Waals surface area contributed by atoms with Gasteiger partial charge in [-0.1, -0.05) is 0 Å². The van der Waals surface area contributed by atoms with Crippen LogP contribution in [0.5, 0.6) is 0 Å². The lowest BCUT2D eigenvalue weighted by Gasteiger charge is -1.97. The highest BCUT2D eigenvalue weighted by atomic mass is 15.0. The van der Waals surface area contributed by atoms with E-state index in [1.807, 2.05) is 0 Å². The van der Waals surface area contributed by atoms with Crippen molar-refractivity contribution in [2.75, 3.05) is 18.1 Å². The first-order valence-electron chi connectivity index (χ1n) is 3.58. The van der Waals surface area contributed by atoms with Gasteiger partial charge in [0.25, 0.3) is 0 Å². The molecule has 0 saturated carbocycles. The Kier molecular flexibility index (Phi) is 1.36. The molecule has 0 aliphatic heterocycles. The summed E-state index contributed by atoms with van der Waals surface area (Å²) in [5.74, 6) is 1.36. The minimum atomic E-state index is 0.599. The summed E-state index contributed by atoms with van der Waals surface area (Å²) in [5, 5.41) is 2.95. The zero-order valence-electron chi connectivity index (χ0n) is 6.63. The van der Waals surface area contributed by atoms with E-state index in [2.05, 4.69) is 20.3 Å². The van der Waals surface area contributed by atoms with Gasteiger partial charge in [0.2, 0.25) is 0 Å². The molecule has 0 aromatic carbocycles. The molecule has 5 nitrogen and oxygen atoms in total. The first-order chi connectivity index (χ1) is 5.81. The van der Waals surface area contributed by atoms with Crippen LogP contribution in [-0.2, 0) is 0 Å². The molecule has 0 spiro atoms. The second kappa shape index (κ2) is 2.37. The quantitative estimate of drug-likeness (QED) is 0.574. The number of hydrogen-bond donors (Lipinski definition) is 3. The van der Waals surface area contributed by atoms with Crippen molar-refractivity contribution in [1.29, 1.82) is 0 Å². The lowest BCUT2D eigenvalue weighted by atomic mass is 10.4. The second-order valence-corrected chi connectivity index (χ2v) is 2.46. The van der Waals surface area contributed by atoms with E-state index in [-0.39, 0.29) is 0 Å². The number of nitrogens with one attached hydrogen (secondary N) is 2. The Morgan fingerprint density at radius 2 is 2.33 bits per heavy atom. The maximum atomic E-state index is 5.56. The number of nitrogens with zero attached hydrogens (tertiary/aromatic N) is 2. The van der Waals surface area contributed by atoms with Crippen LogP contribution in [0.4, 0.5) is 11.6 Å². The third-order valence-corrected chi connectivity index (χ3v) is 1.67. The Morgan fingerprint density at radius 1 is 1.50 bits per heavy atom. The SMILES string of the molecule is CNc1ncnc2cc(N)[nH]c12. The van der Waals surface area contributed by atoms with Crippen molar-refractivity contribution >= 4 is 22.7 Å². The molecular weight excluding hydrogens is 154 g/mol. The Hall–Kier alpha value is -1.78. The smallest absolute Gasteiger partial charge is 0.153 e. The van der Waals surface area contributed by atoms with E-state index in [4.69, 9.17) is 5.73 Å². The average molecular weight is 163 g/mol. The van der Waals surface area contributed by atoms with Crippen molar-refractivity contribution < 1.29 is 0 Å². The van der Waals surface area contributed by atoms with Crippen LogP contribution in [0.3, 0.4) is 0 Å². The van der Waals surface area contributed by atoms with Gasteiger partial charge in [0, 0.05) is 13.1 Å². The Bertz CT molecular complexity index is 405. The van der Waals surface area contributed by atoms with Gasteiger partial charge in [-0.05, 0) is 0 Å². The van der Waals surface area contributed by atoms with Crippen LogP contribution in [0.1, 0.15) is 0 Å². The van der Waals surface area contributed by atoms with Gasteiger partial charge < -0.3 is 16.0 Å². The molecule has 2 rings (SSSR count). The zero-order valence-corrected chi connectivity index (χ0v) is 6.63. The largest absolute Gasteiger partial charge is 0.385 e. The van der Waals surface area contributed by atoms with Gasteiger partial charge in [0.05, 0.1) is 5.52 Å². The summed E-state index contributed by atoms with van der Waals surface area (Å²) >= 11 is 0. The molecule has 0 amide bonds. The van der Waals surface area contributed by atoms with E-state index in [9.17, 15) is 0 Å². The normalized spacial score (nSPS) is 10.4. The highest BCUT2D eigenvalue weighted by molar-refractivity contribution is 5.88. The number of aromatic nitrogens is 3. The summed E-state index contributed by atoms with van der Waals surface area (Å²) in [4.78, 5) is 11.0. The molecule has 0 bridgehead atoms. The molecular formula is C7H9N5. The minimum absolute atomic E-state index is 0.599. The number of anilines is 2. The molecule has 12 heavy (non-hydrogen) atoms. The summed E-state index contributed by atoms with van der Waals surface area (Å²) in [6.07, 6.45) is 1.50. The molecule has 0 radical (unpaired) electrons. The van der Waals surface area contributed by atoms with Crippen LogP contribution in [0.2, 0.25) is 0 Å². The van der Waals surface area contributed by atoms with Gasteiger partial charge in [-0.2, -0.15) is 0 Å². The van der Waals surface area contributed by atoms with E-state index >= 15 is 0 Å². The van der Waals surface area contributed by atoms with Gasteiger partial charge in [-0.3, -0.25) is 0 Å². The van der Waals surface area contributed by atoms with E-state index in [1.165, 1.54) is 6.33 Å². The average Bonchev–Trinajstić information content (AvgIpc) is 2.44. The zero-order chi connectivity index (χ0) is 8.55. The third kappa shape index (κ3) is 0.868. The molecule has 0 aliphatic carbocycles. The summed E-state index contributed by atoms with van der Waals surface area (Å²) in [5.41, 5.74) is 7.23. The molecule has 2 heterocycles. The van der Waals surface area contributed by atoms with Gasteiger partial charge in [0.1, 0.15) is 17.7 Å². The first kappa shape index (κ1) is 6.90. The van der Waals surface area contributed by atoms with Crippen LogP contribution < -0.4 is 11.1 Å². The predicted octanol–water partition coefficient (Wildman–Crippen LogP) is 0.582. The van der Waals surface area contributed by atoms with Crippen molar-refractivity contribution in [3.63, 3.8) is 0 Å². The maximum absolute atomic E-state index is 5.56. The number of H-pyrrole nitrogens is 1. The van der Waals surface area contributed by atoms with E-state index in [0.29, 0.717) is 5.82 Å². The second-order valence-electron chi connectivity index (χ2n) is 2.46. The summed E-state index contributed by atoms with van der Waals surface area (Å²) in [6.45, 7) is 0. The van der Waals surface area contributed by atoms with Crippen molar-refractivity contribution in [3.05, 3.63) is 12.4 Å². The van der Waals surface area contributed by atoms with Crippen LogP contribution in [-0.4, -0.2) is 22.0 Å². The molecule has 0 aliphatic rings. The van der Waals surface area contributed by atoms with Gasteiger partial charge in [-0.15, -0.1) is 0 Å². The number of hydrogen-bond acceptors (Lipinski definition) is 4. The van der Waals surface area contributed by atoms with Crippen molar-refractivity contribution in [3.8, 4) is 0 Å². The van der Waals surface area contributed by atoms with Gasteiger partial charge in [0.15, 0.2) is 5.82 Å². The molecule has 0 fully saturated rings. The van der Waals surface area contributed by atoms with Crippen LogP contribution >= 0.6 is 0 Å². The number of aromatic amines is 1. The molecule has 0 atom stereocenters.